The van der Waals surface area contributed by atoms with Gasteiger partial charge in [-0.15, -0.1) is 11.3 Å². The smallest absolute Gasteiger partial charge is 0.332 e. The molecule has 0 atom stereocenters. The van der Waals surface area contributed by atoms with Gasteiger partial charge in [0, 0.05) is 61.3 Å². The molecule has 4 nitrogen and oxygen atoms in total. The minimum atomic E-state index is -0.801. The minimum Gasteiger partial charge on any atom is -0.455 e. The van der Waals surface area contributed by atoms with Gasteiger partial charge in [0.2, 0.25) is 0 Å². The van der Waals surface area contributed by atoms with Crippen LogP contribution >= 0.6 is 11.3 Å². The number of thiophene rings is 1. The summed E-state index contributed by atoms with van der Waals surface area (Å²) >= 11 is 1.76. The van der Waals surface area contributed by atoms with Gasteiger partial charge in [0.15, 0.2) is 5.60 Å². The molecule has 6 aromatic carbocycles. The number of furan rings is 1. The second-order valence-electron chi connectivity index (χ2n) is 13.7. The molecule has 0 amide bonds. The van der Waals surface area contributed by atoms with E-state index in [0.29, 0.717) is 0 Å². The van der Waals surface area contributed by atoms with Gasteiger partial charge >= 0.3 is 7.48 Å². The van der Waals surface area contributed by atoms with Gasteiger partial charge in [-0.2, -0.15) is 0 Å². The summed E-state index contributed by atoms with van der Waals surface area (Å²) < 4.78 is 17.8. The monoisotopic (exact) mass is 643 g/mol. The Balaban J connectivity index is 1.34. The van der Waals surface area contributed by atoms with Crippen molar-refractivity contribution in [3.05, 3.63) is 121 Å². The van der Waals surface area contributed by atoms with E-state index in [4.69, 9.17) is 14.2 Å². The number of aromatic nitrogens is 1. The van der Waals surface area contributed by atoms with E-state index in [-0.39, 0.29) is 0 Å². The molecule has 0 bridgehead atoms. The Bertz CT molecular complexity index is 2690. The SMILES string of the molecule is CC(C)([OH2+])C(C)(C)O[B]c1cc(-n2c3ccccc3c3cc(-c4ccccc4)ccc32)cc2c1sc1ccc3c4ccccc4oc3c12. The summed E-state index contributed by atoms with van der Waals surface area (Å²) in [6.07, 6.45) is 0. The molecular weight excluding hydrogens is 609 g/mol. The van der Waals surface area contributed by atoms with Gasteiger partial charge in [-0.1, -0.05) is 72.8 Å². The zero-order chi connectivity index (χ0) is 32.8. The Morgan fingerprint density at radius 3 is 2.21 bits per heavy atom. The first-order valence-corrected chi connectivity index (χ1v) is 17.2. The number of nitrogens with zero attached hydrogens (tertiary/aromatic N) is 1. The van der Waals surface area contributed by atoms with Crippen molar-refractivity contribution in [2.75, 3.05) is 0 Å². The maximum Gasteiger partial charge on any atom is 0.332 e. The molecule has 0 aliphatic carbocycles. The molecule has 1 radical (unpaired) electrons. The Morgan fingerprint density at radius 1 is 0.667 bits per heavy atom. The number of hydrogen-bond acceptors (Lipinski definition) is 3. The molecule has 3 aromatic heterocycles. The van der Waals surface area contributed by atoms with Gasteiger partial charge in [0.05, 0.1) is 11.0 Å². The van der Waals surface area contributed by atoms with Gasteiger partial charge in [0.25, 0.3) is 0 Å². The summed E-state index contributed by atoms with van der Waals surface area (Å²) in [5, 5.41) is 15.7. The molecule has 3 heterocycles. The van der Waals surface area contributed by atoms with Crippen LogP contribution in [0.2, 0.25) is 0 Å². The molecule has 0 aliphatic heterocycles. The maximum atomic E-state index is 8.75. The third kappa shape index (κ3) is 4.44. The molecule has 0 spiro atoms. The lowest BCUT2D eigenvalue weighted by Gasteiger charge is -2.33. The Morgan fingerprint density at radius 2 is 1.40 bits per heavy atom. The topological polar surface area (TPSA) is 50.2 Å². The standard InChI is InChI=1S/C42H33BNO3S/c1-41(2,45)42(3,4)47-43-33-24-27(23-32-38-37(48-40(32)33)21-19-30-29-15-9-11-17-36(29)46-39(30)38)44-34-16-10-8-14-28(34)31-22-26(18-20-35(31)44)25-12-6-5-7-13-25/h5-24,45H,1-4H3/p+1. The summed E-state index contributed by atoms with van der Waals surface area (Å²) in [7, 11) is 1.87. The summed E-state index contributed by atoms with van der Waals surface area (Å²) in [6.45, 7) is 7.76. The van der Waals surface area contributed by atoms with Crippen LogP contribution in [-0.2, 0) is 4.65 Å². The number of benzene rings is 6. The molecule has 0 fully saturated rings. The lowest BCUT2D eigenvalue weighted by Crippen LogP contribution is -2.49. The molecule has 0 saturated carbocycles. The first-order chi connectivity index (χ1) is 23.2. The number of rotatable bonds is 6. The highest BCUT2D eigenvalue weighted by Gasteiger charge is 2.40. The maximum absolute atomic E-state index is 8.75. The highest BCUT2D eigenvalue weighted by atomic mass is 32.1. The average molecular weight is 644 g/mol. The van der Waals surface area contributed by atoms with Crippen molar-refractivity contribution in [1.82, 2.24) is 4.57 Å². The van der Waals surface area contributed by atoms with Crippen LogP contribution in [-0.4, -0.2) is 28.4 Å². The van der Waals surface area contributed by atoms with Crippen molar-refractivity contribution in [2.45, 2.75) is 38.9 Å². The predicted molar refractivity (Wildman–Crippen MR) is 205 cm³/mol. The quantitative estimate of drug-likeness (QED) is 0.134. The van der Waals surface area contributed by atoms with E-state index >= 15 is 0 Å². The first kappa shape index (κ1) is 29.3. The van der Waals surface area contributed by atoms with Crippen molar-refractivity contribution in [2.24, 2.45) is 0 Å². The van der Waals surface area contributed by atoms with Gasteiger partial charge in [-0.3, -0.25) is 0 Å². The van der Waals surface area contributed by atoms with Crippen molar-refractivity contribution in [1.29, 1.82) is 0 Å². The summed E-state index contributed by atoms with van der Waals surface area (Å²) in [6, 6.07) is 43.2. The van der Waals surface area contributed by atoms with Crippen LogP contribution in [0.25, 0.3) is 80.7 Å². The van der Waals surface area contributed by atoms with Crippen molar-refractivity contribution in [3.8, 4) is 16.8 Å². The molecule has 48 heavy (non-hydrogen) atoms. The predicted octanol–water partition coefficient (Wildman–Crippen LogP) is 10.3. The van der Waals surface area contributed by atoms with Gasteiger partial charge in [-0.05, 0) is 79.0 Å². The number of para-hydroxylation sites is 2. The van der Waals surface area contributed by atoms with Gasteiger partial charge < -0.3 is 18.7 Å². The van der Waals surface area contributed by atoms with E-state index in [2.05, 4.69) is 114 Å². The fourth-order valence-corrected chi connectivity index (χ4v) is 7.95. The van der Waals surface area contributed by atoms with Crippen LogP contribution in [0, 0.1) is 0 Å². The van der Waals surface area contributed by atoms with E-state index in [0.717, 1.165) is 64.3 Å². The van der Waals surface area contributed by atoms with Crippen LogP contribution in [0.15, 0.2) is 126 Å². The van der Waals surface area contributed by atoms with Crippen molar-refractivity contribution >= 4 is 88.2 Å². The van der Waals surface area contributed by atoms with E-state index in [1.165, 1.54) is 21.9 Å². The molecule has 9 aromatic rings. The summed E-state index contributed by atoms with van der Waals surface area (Å²) in [4.78, 5) is 0. The summed E-state index contributed by atoms with van der Waals surface area (Å²) in [5.74, 6) is 0. The molecule has 0 unspecified atom stereocenters. The molecule has 9 rings (SSSR count). The Labute approximate surface area is 283 Å². The molecular formula is C42H34BNO3S+. The van der Waals surface area contributed by atoms with Gasteiger partial charge in [-0.25, -0.2) is 0 Å². The normalized spacial score (nSPS) is 12.8. The van der Waals surface area contributed by atoms with E-state index in [1.807, 2.05) is 47.3 Å². The van der Waals surface area contributed by atoms with Crippen LogP contribution in [0.4, 0.5) is 0 Å². The van der Waals surface area contributed by atoms with Crippen LogP contribution in [0.1, 0.15) is 27.7 Å². The van der Waals surface area contributed by atoms with Crippen molar-refractivity contribution < 1.29 is 14.2 Å². The Hall–Kier alpha value is -4.88. The fraction of sp³-hybridized carbons (Fsp3) is 0.143. The minimum absolute atomic E-state index is 0.710. The van der Waals surface area contributed by atoms with Crippen LogP contribution in [0.3, 0.4) is 0 Å². The molecule has 233 valence electrons. The van der Waals surface area contributed by atoms with E-state index in [9.17, 15) is 0 Å². The average Bonchev–Trinajstić information content (AvgIpc) is 3.76. The highest BCUT2D eigenvalue weighted by molar-refractivity contribution is 7.27. The first-order valence-electron chi connectivity index (χ1n) is 16.3. The number of hydrogen-bond donors (Lipinski definition) is 0. The molecule has 0 aliphatic rings. The van der Waals surface area contributed by atoms with Crippen molar-refractivity contribution in [3.63, 3.8) is 0 Å². The van der Waals surface area contributed by atoms with Crippen LogP contribution < -0.4 is 5.46 Å². The third-order valence-corrected chi connectivity index (χ3v) is 11.3. The second-order valence-corrected chi connectivity index (χ2v) is 14.8. The zero-order valence-electron chi connectivity index (χ0n) is 27.3. The lowest BCUT2D eigenvalue weighted by atomic mass is 9.82. The Kier molecular flexibility index (Phi) is 6.44. The second kappa shape index (κ2) is 10.6. The highest BCUT2D eigenvalue weighted by Crippen LogP contribution is 2.43. The van der Waals surface area contributed by atoms with Gasteiger partial charge in [0.1, 0.15) is 16.8 Å². The third-order valence-electron chi connectivity index (χ3n) is 10.1. The van der Waals surface area contributed by atoms with Crippen LogP contribution in [0.5, 0.6) is 0 Å². The fourth-order valence-electron chi connectivity index (χ4n) is 6.79. The molecule has 2 N–H and O–H groups in total. The number of fused-ring (bicyclic) bond motifs is 10. The summed E-state index contributed by atoms with van der Waals surface area (Å²) in [5.41, 5.74) is 7.00. The molecule has 6 heteroatoms. The largest absolute Gasteiger partial charge is 0.455 e. The lowest BCUT2D eigenvalue weighted by molar-refractivity contribution is -0.0893. The van der Waals surface area contributed by atoms with E-state index in [1.54, 1.807) is 11.3 Å². The molecule has 0 saturated heterocycles. The van der Waals surface area contributed by atoms with E-state index < -0.39 is 11.2 Å². The zero-order valence-corrected chi connectivity index (χ0v) is 28.1.